The summed E-state index contributed by atoms with van der Waals surface area (Å²) in [5.74, 6) is 0.578. The van der Waals surface area contributed by atoms with Gasteiger partial charge in [0.2, 0.25) is 0 Å². The fourth-order valence-corrected chi connectivity index (χ4v) is 2.56. The number of rotatable bonds is 4. The average molecular weight is 342 g/mol. The Morgan fingerprint density at radius 1 is 1.14 bits per heavy atom. The molecule has 1 heterocycles. The average Bonchev–Trinajstić information content (AvgIpc) is 2.53. The van der Waals surface area contributed by atoms with Gasteiger partial charge in [-0.15, -0.1) is 0 Å². The number of para-hydroxylation sites is 1. The third-order valence-electron chi connectivity index (χ3n) is 3.22. The Labute approximate surface area is 130 Å². The first kappa shape index (κ1) is 13.8. The second kappa shape index (κ2) is 6.06. The van der Waals surface area contributed by atoms with E-state index in [1.54, 1.807) is 18.3 Å². The highest BCUT2D eigenvalue weighted by Crippen LogP contribution is 2.24. The molecule has 0 N–H and O–H groups in total. The maximum atomic E-state index is 11.1. The van der Waals surface area contributed by atoms with Gasteiger partial charge in [-0.3, -0.25) is 9.78 Å². The number of fused-ring (bicyclic) bond motifs is 1. The molecule has 0 aliphatic carbocycles. The Bertz CT molecular complexity index is 796. The summed E-state index contributed by atoms with van der Waals surface area (Å²) in [6.45, 7) is 0.394. The van der Waals surface area contributed by atoms with Crippen LogP contribution in [0.25, 0.3) is 10.9 Å². The van der Waals surface area contributed by atoms with Crippen LogP contribution in [0, 0.1) is 0 Å². The topological polar surface area (TPSA) is 39.2 Å². The lowest BCUT2D eigenvalue weighted by Gasteiger charge is -2.10. The summed E-state index contributed by atoms with van der Waals surface area (Å²) >= 11 is 3.34. The first-order valence-corrected chi connectivity index (χ1v) is 7.27. The molecule has 0 amide bonds. The van der Waals surface area contributed by atoms with Crippen LogP contribution in [0.2, 0.25) is 0 Å². The van der Waals surface area contributed by atoms with Crippen LogP contribution >= 0.6 is 15.9 Å². The predicted octanol–water partition coefficient (Wildman–Crippen LogP) is 4.39. The monoisotopic (exact) mass is 341 g/mol. The first-order chi connectivity index (χ1) is 10.3. The van der Waals surface area contributed by atoms with Gasteiger partial charge in [-0.2, -0.15) is 0 Å². The number of pyridine rings is 1. The molecule has 0 spiro atoms. The lowest BCUT2D eigenvalue weighted by Crippen LogP contribution is -1.99. The number of carbonyl (C=O) groups is 1. The highest BCUT2D eigenvalue weighted by Gasteiger charge is 2.06. The second-order valence-corrected chi connectivity index (χ2v) is 5.49. The van der Waals surface area contributed by atoms with Gasteiger partial charge in [0.25, 0.3) is 0 Å². The number of benzene rings is 2. The quantitative estimate of drug-likeness (QED) is 0.660. The molecular weight excluding hydrogens is 330 g/mol. The van der Waals surface area contributed by atoms with E-state index in [0.29, 0.717) is 17.9 Å². The zero-order chi connectivity index (χ0) is 14.7. The summed E-state index contributed by atoms with van der Waals surface area (Å²) in [4.78, 5) is 15.4. The molecule has 2 aromatic carbocycles. The van der Waals surface area contributed by atoms with Crippen LogP contribution in [0.5, 0.6) is 5.75 Å². The van der Waals surface area contributed by atoms with Gasteiger partial charge >= 0.3 is 0 Å². The van der Waals surface area contributed by atoms with Gasteiger partial charge in [0.1, 0.15) is 12.4 Å². The minimum absolute atomic E-state index is 0.394. The van der Waals surface area contributed by atoms with E-state index in [4.69, 9.17) is 4.74 Å². The van der Waals surface area contributed by atoms with Gasteiger partial charge in [0.05, 0.1) is 11.1 Å². The Morgan fingerprint density at radius 3 is 2.86 bits per heavy atom. The maximum Gasteiger partial charge on any atom is 0.153 e. The fourth-order valence-electron chi connectivity index (χ4n) is 2.18. The van der Waals surface area contributed by atoms with E-state index < -0.39 is 0 Å². The standard InChI is InChI=1S/C17H12BrNO2/c18-14-5-6-17(13(9-14)10-20)21-11-12-7-8-19-16-4-2-1-3-15(12)16/h1-10H,11H2. The normalized spacial score (nSPS) is 10.5. The number of nitrogens with zero attached hydrogens (tertiary/aromatic N) is 1. The number of ether oxygens (including phenoxy) is 1. The van der Waals surface area contributed by atoms with Crippen LogP contribution in [0.3, 0.4) is 0 Å². The summed E-state index contributed by atoms with van der Waals surface area (Å²) in [5.41, 5.74) is 2.51. The van der Waals surface area contributed by atoms with E-state index in [-0.39, 0.29) is 0 Å². The molecule has 4 heteroatoms. The molecule has 0 bridgehead atoms. The van der Waals surface area contributed by atoms with E-state index in [9.17, 15) is 4.79 Å². The molecule has 0 aliphatic heterocycles. The molecular formula is C17H12BrNO2. The molecule has 1 aromatic heterocycles. The van der Waals surface area contributed by atoms with Crippen LogP contribution in [0.1, 0.15) is 15.9 Å². The van der Waals surface area contributed by atoms with E-state index >= 15 is 0 Å². The van der Waals surface area contributed by atoms with Gasteiger partial charge < -0.3 is 4.74 Å². The van der Waals surface area contributed by atoms with Crippen molar-refractivity contribution in [2.24, 2.45) is 0 Å². The Morgan fingerprint density at radius 2 is 2.00 bits per heavy atom. The number of hydrogen-bond donors (Lipinski definition) is 0. The zero-order valence-corrected chi connectivity index (χ0v) is 12.7. The van der Waals surface area contributed by atoms with Crippen molar-refractivity contribution in [2.45, 2.75) is 6.61 Å². The van der Waals surface area contributed by atoms with Crippen molar-refractivity contribution in [3.8, 4) is 5.75 Å². The van der Waals surface area contributed by atoms with Crippen molar-refractivity contribution in [1.29, 1.82) is 0 Å². The minimum Gasteiger partial charge on any atom is -0.488 e. The lowest BCUT2D eigenvalue weighted by molar-refractivity contribution is 0.111. The summed E-state index contributed by atoms with van der Waals surface area (Å²) in [6, 6.07) is 15.2. The molecule has 0 fully saturated rings. The molecule has 3 nitrogen and oxygen atoms in total. The van der Waals surface area contributed by atoms with Gasteiger partial charge in [-0.25, -0.2) is 0 Å². The molecule has 0 unspecified atom stereocenters. The third-order valence-corrected chi connectivity index (χ3v) is 3.71. The van der Waals surface area contributed by atoms with E-state index in [2.05, 4.69) is 20.9 Å². The van der Waals surface area contributed by atoms with Crippen molar-refractivity contribution < 1.29 is 9.53 Å². The molecule has 3 rings (SSSR count). The van der Waals surface area contributed by atoms with Crippen LogP contribution in [-0.4, -0.2) is 11.3 Å². The van der Waals surface area contributed by atoms with Crippen LogP contribution in [-0.2, 0) is 6.61 Å². The summed E-state index contributed by atoms with van der Waals surface area (Å²) < 4.78 is 6.65. The van der Waals surface area contributed by atoms with E-state index in [1.807, 2.05) is 36.4 Å². The Hall–Kier alpha value is -2.20. The molecule has 0 atom stereocenters. The predicted molar refractivity (Wildman–Crippen MR) is 85.6 cm³/mol. The smallest absolute Gasteiger partial charge is 0.153 e. The molecule has 0 aliphatic rings. The summed E-state index contributed by atoms with van der Waals surface area (Å²) in [5, 5.41) is 1.06. The highest BCUT2D eigenvalue weighted by atomic mass is 79.9. The van der Waals surface area contributed by atoms with E-state index in [0.717, 1.165) is 27.2 Å². The number of carbonyl (C=O) groups excluding carboxylic acids is 1. The number of aromatic nitrogens is 1. The third kappa shape index (κ3) is 2.95. The van der Waals surface area contributed by atoms with Crippen LogP contribution in [0.15, 0.2) is 59.2 Å². The Kier molecular flexibility index (Phi) is 3.97. The Balaban J connectivity index is 1.89. The van der Waals surface area contributed by atoms with Crippen LogP contribution in [0.4, 0.5) is 0 Å². The SMILES string of the molecule is O=Cc1cc(Br)ccc1OCc1ccnc2ccccc12. The molecule has 104 valence electrons. The van der Waals surface area contributed by atoms with Crippen molar-refractivity contribution in [2.75, 3.05) is 0 Å². The fraction of sp³-hybridized carbons (Fsp3) is 0.0588. The summed E-state index contributed by atoms with van der Waals surface area (Å²) in [7, 11) is 0. The first-order valence-electron chi connectivity index (χ1n) is 6.48. The molecule has 0 radical (unpaired) electrons. The number of halogens is 1. The van der Waals surface area contributed by atoms with Gasteiger partial charge in [0, 0.05) is 21.6 Å². The lowest BCUT2D eigenvalue weighted by atomic mass is 10.1. The van der Waals surface area contributed by atoms with E-state index in [1.165, 1.54) is 0 Å². The molecule has 21 heavy (non-hydrogen) atoms. The van der Waals surface area contributed by atoms with Gasteiger partial charge in [-0.05, 0) is 30.3 Å². The van der Waals surface area contributed by atoms with Gasteiger partial charge in [-0.1, -0.05) is 34.1 Å². The highest BCUT2D eigenvalue weighted by molar-refractivity contribution is 9.10. The number of hydrogen-bond acceptors (Lipinski definition) is 3. The van der Waals surface area contributed by atoms with Crippen LogP contribution < -0.4 is 4.74 Å². The largest absolute Gasteiger partial charge is 0.488 e. The molecule has 0 saturated heterocycles. The number of aldehydes is 1. The van der Waals surface area contributed by atoms with Crippen molar-refractivity contribution >= 4 is 33.1 Å². The maximum absolute atomic E-state index is 11.1. The molecule has 3 aromatic rings. The van der Waals surface area contributed by atoms with Crippen molar-refractivity contribution in [3.63, 3.8) is 0 Å². The van der Waals surface area contributed by atoms with Crippen molar-refractivity contribution in [1.82, 2.24) is 4.98 Å². The second-order valence-electron chi connectivity index (χ2n) is 4.58. The minimum atomic E-state index is 0.394. The summed E-state index contributed by atoms with van der Waals surface area (Å²) in [6.07, 6.45) is 2.56. The zero-order valence-electron chi connectivity index (χ0n) is 11.1. The van der Waals surface area contributed by atoms with Crippen molar-refractivity contribution in [3.05, 3.63) is 70.3 Å². The van der Waals surface area contributed by atoms with Gasteiger partial charge in [0.15, 0.2) is 6.29 Å². The molecule has 0 saturated carbocycles.